The zero-order chi connectivity index (χ0) is 97.7. The number of imidazole rings is 2. The Bertz CT molecular complexity index is 6110. The second kappa shape index (κ2) is 45.7. The first-order valence-electron chi connectivity index (χ1n) is 43.5. The van der Waals surface area contributed by atoms with Crippen LogP contribution >= 0.6 is 31.9 Å². The van der Waals surface area contributed by atoms with Gasteiger partial charge in [0.15, 0.2) is 0 Å². The standard InChI is InChI=1S/C27H32N6O5.C27H34N6O3.C19H23BN2O4.C13H11BrN2O2.C12H9BrN2O2/c1-17(2)24(30-27(35)38-4)26(34)32-14-8-11-22(32)25-28-16-20(29-25)18-12-13-21(33(36)37)23(15-18)31(3)19-9-6-5-7-10-19;1-17(2)24(31-27(35)36-4)26(34)33-14-8-11-22(33)25-29-16-21(30-25)18-12-13-20(28)23(15-18)32(3)19-9-6-5-7-10-19;1-18(2)19(3,4)26-20(25-18)14-11-12-16(22(23)24)17(13-14)21(5)15-9-7-6-8-10-15;1-15(11-5-3-2-4-6-11)13-9-10(14)7-8-12(13)16(17)18;13-9-6-7-12(15(16)17)11(8-9)14-10-4-2-1-3-5-10/h5-7,9-10,12-13,15-17,22,24H,8,11,14H2,1-4H3,(H,28,29)(H,30,35);5-7,9-10,12-13,15-17,22,24H,8,11,14,28H2,1-4H3,(H,29,30)(H,31,35);6-13H,1-5H3;2-9H,1H3;1-8,14H/t2*22-,24-;;;/m00.../s1. The van der Waals surface area contributed by atoms with Gasteiger partial charge in [-0.05, 0) is 186 Å². The molecule has 0 unspecified atom stereocenters. The smallest absolute Gasteiger partial charge is 0.453 e. The molecule has 3 saturated heterocycles. The number of H-pyrrole nitrogens is 2. The Hall–Kier alpha value is -14.6. The zero-order valence-electron chi connectivity index (χ0n) is 77.3. The quantitative estimate of drug-likeness (QED) is 0.0134. The molecule has 0 saturated carbocycles. The van der Waals surface area contributed by atoms with Gasteiger partial charge in [0.2, 0.25) is 11.8 Å². The van der Waals surface area contributed by atoms with Gasteiger partial charge in [-0.25, -0.2) is 19.6 Å². The van der Waals surface area contributed by atoms with Crippen molar-refractivity contribution in [2.45, 2.75) is 116 Å². The van der Waals surface area contributed by atoms with Crippen molar-refractivity contribution in [3.05, 3.63) is 316 Å². The highest BCUT2D eigenvalue weighted by Crippen LogP contribution is 2.43. The second-order valence-corrected chi connectivity index (χ2v) is 35.5. The number of nitro groups is 4. The second-order valence-electron chi connectivity index (χ2n) is 33.7. The first-order chi connectivity index (χ1) is 64.4. The molecule has 0 bridgehead atoms. The number of aromatic amines is 2. The molecular weight excluding hydrogens is 1860 g/mol. The molecule has 15 rings (SSSR count). The van der Waals surface area contributed by atoms with E-state index in [1.807, 2.05) is 251 Å². The van der Waals surface area contributed by atoms with Gasteiger partial charge in [0.25, 0.3) is 22.7 Å². The fourth-order valence-electron chi connectivity index (χ4n) is 15.4. The number of nitrogen functional groups attached to an aromatic ring is 1. The van der Waals surface area contributed by atoms with Crippen LogP contribution in [-0.2, 0) is 28.4 Å². The first-order valence-corrected chi connectivity index (χ1v) is 45.1. The van der Waals surface area contributed by atoms with Gasteiger partial charge >= 0.3 is 19.3 Å². The topological polar surface area (TPSA) is 417 Å². The summed E-state index contributed by atoms with van der Waals surface area (Å²) in [7, 11) is 9.38. The Labute approximate surface area is 799 Å². The fourth-order valence-corrected chi connectivity index (χ4v) is 16.1. The minimum absolute atomic E-state index is 0.00904. The molecule has 3 aliphatic heterocycles. The predicted molar refractivity (Wildman–Crippen MR) is 533 cm³/mol. The maximum absolute atomic E-state index is 13.4. The number of nitro benzene ring substituents is 4. The van der Waals surface area contributed by atoms with E-state index in [9.17, 15) is 59.6 Å². The maximum atomic E-state index is 13.4. The molecule has 0 spiro atoms. The monoisotopic (exact) mass is 1960 g/mol. The molecule has 12 aromatic rings. The minimum Gasteiger partial charge on any atom is -0.453 e. The number of hydrogen-bond acceptors (Lipinski definition) is 24. The van der Waals surface area contributed by atoms with Crippen LogP contribution in [0.2, 0.25) is 0 Å². The lowest BCUT2D eigenvalue weighted by atomic mass is 9.78. The number of alkyl carbamates (subject to hydrolysis) is 2. The Balaban J connectivity index is 0.000000168. The summed E-state index contributed by atoms with van der Waals surface area (Å²) in [4.78, 5) is 121. The number of carbonyl (C=O) groups excluding carboxylic acids is 4. The number of ether oxygens (including phenoxy) is 2. The molecule has 3 aliphatic rings. The third-order valence-corrected chi connectivity index (χ3v) is 24.6. The molecular formula is C98H109BBr2N18O16. The Kier molecular flexibility index (Phi) is 34.2. The summed E-state index contributed by atoms with van der Waals surface area (Å²) >= 11 is 6.63. The van der Waals surface area contributed by atoms with Gasteiger partial charge in [-0.2, -0.15) is 0 Å². The highest BCUT2D eigenvalue weighted by Gasteiger charge is 2.52. The third-order valence-electron chi connectivity index (χ3n) is 23.6. The van der Waals surface area contributed by atoms with E-state index in [0.717, 1.165) is 96.9 Å². The van der Waals surface area contributed by atoms with Crippen LogP contribution in [0.3, 0.4) is 0 Å². The summed E-state index contributed by atoms with van der Waals surface area (Å²) in [6.45, 7) is 16.6. The summed E-state index contributed by atoms with van der Waals surface area (Å²) in [6.07, 6.45) is 5.40. The number of anilines is 11. The van der Waals surface area contributed by atoms with Crippen molar-refractivity contribution in [1.82, 2.24) is 40.4 Å². The third kappa shape index (κ3) is 25.2. The zero-order valence-corrected chi connectivity index (χ0v) is 80.4. The van der Waals surface area contributed by atoms with Crippen molar-refractivity contribution < 1.29 is 57.7 Å². The van der Waals surface area contributed by atoms with Gasteiger partial charge in [-0.1, -0.05) is 163 Å². The van der Waals surface area contributed by atoms with Crippen LogP contribution in [0.4, 0.5) is 94.9 Å². The van der Waals surface area contributed by atoms with Crippen LogP contribution in [0, 0.1) is 52.3 Å². The maximum Gasteiger partial charge on any atom is 0.494 e. The average Bonchev–Trinajstić information content (AvgIpc) is 1.60. The largest absolute Gasteiger partial charge is 0.494 e. The molecule has 4 amide bonds. The number of nitrogens with zero attached hydrogens (tertiary/aromatic N) is 12. The molecule has 135 heavy (non-hydrogen) atoms. The molecule has 10 aromatic carbocycles. The number of para-hydroxylation sites is 5. The number of carbonyl (C=O) groups is 4. The van der Waals surface area contributed by atoms with Crippen molar-refractivity contribution in [3.8, 4) is 22.5 Å². The molecule has 0 radical (unpaired) electrons. The highest BCUT2D eigenvalue weighted by molar-refractivity contribution is 9.10. The number of benzene rings is 10. The SMILES string of the molecule is CN(c1ccccc1)c1cc(B2OC(C)(C)C(C)(C)O2)ccc1[N+](=O)[O-].CN(c1ccccc1)c1cc(Br)ccc1[N+](=O)[O-].COC(=O)N[C@H](C(=O)N1CCC[C@H]1c1ncc(-c2ccc(N)c(N(C)c3ccccc3)c2)[nH]1)C(C)C.COC(=O)N[C@H](C(=O)N1CCC[C@H]1c1ncc(-c2ccc([N+](=O)[O-])c(N(C)c3ccccc3)c2)[nH]1)C(C)C.O=[N+]([O-])c1ccc(Br)cc1Nc1ccccc1. The van der Waals surface area contributed by atoms with Gasteiger partial charge in [-0.15, -0.1) is 0 Å². The number of methoxy groups -OCH3 is 2. The van der Waals surface area contributed by atoms with Crippen LogP contribution in [0.1, 0.15) is 105 Å². The van der Waals surface area contributed by atoms with Crippen LogP contribution in [0.5, 0.6) is 0 Å². The van der Waals surface area contributed by atoms with Crippen molar-refractivity contribution in [3.63, 3.8) is 0 Å². The number of halogens is 2. The summed E-state index contributed by atoms with van der Waals surface area (Å²) in [5.74, 6) is 0.826. The molecule has 4 atom stereocenters. The van der Waals surface area contributed by atoms with E-state index in [1.54, 1.807) is 92.5 Å². The van der Waals surface area contributed by atoms with Crippen LogP contribution < -0.4 is 46.7 Å². The predicted octanol–water partition coefficient (Wildman–Crippen LogP) is 21.2. The van der Waals surface area contributed by atoms with Gasteiger partial charge in [0, 0.05) is 114 Å². The molecule has 2 aromatic heterocycles. The molecule has 7 N–H and O–H groups in total. The van der Waals surface area contributed by atoms with Gasteiger partial charge in [-0.3, -0.25) is 50.0 Å². The van der Waals surface area contributed by atoms with Gasteiger partial charge < -0.3 is 79.8 Å². The lowest BCUT2D eigenvalue weighted by molar-refractivity contribution is -0.384. The van der Waals surface area contributed by atoms with Crippen molar-refractivity contribution >= 4 is 154 Å². The molecule has 5 heterocycles. The lowest BCUT2D eigenvalue weighted by Crippen LogP contribution is -2.51. The van der Waals surface area contributed by atoms with E-state index in [2.05, 4.69) is 67.7 Å². The normalized spacial score (nSPS) is 14.8. The van der Waals surface area contributed by atoms with Gasteiger partial charge in [0.1, 0.15) is 46.5 Å². The van der Waals surface area contributed by atoms with Crippen LogP contribution in [-0.4, -0.2) is 159 Å². The molecule has 37 heteroatoms. The summed E-state index contributed by atoms with van der Waals surface area (Å²) < 4.78 is 23.2. The number of amides is 4. The van der Waals surface area contributed by atoms with E-state index in [-0.39, 0.29) is 68.3 Å². The van der Waals surface area contributed by atoms with Crippen molar-refractivity contribution in [1.29, 1.82) is 0 Å². The Morgan fingerprint density at radius 3 is 1.21 bits per heavy atom. The summed E-state index contributed by atoms with van der Waals surface area (Å²) in [5.41, 5.74) is 17.5. The first kappa shape index (κ1) is 101. The highest BCUT2D eigenvalue weighted by atomic mass is 79.9. The van der Waals surface area contributed by atoms with E-state index < -0.39 is 52.4 Å². The molecule has 3 fully saturated rings. The summed E-state index contributed by atoms with van der Waals surface area (Å²) in [5, 5.41) is 53.5. The van der Waals surface area contributed by atoms with E-state index in [4.69, 9.17) is 24.5 Å². The number of aromatic nitrogens is 4. The van der Waals surface area contributed by atoms with Crippen molar-refractivity contribution in [2.75, 3.05) is 86.1 Å². The lowest BCUT2D eigenvalue weighted by Gasteiger charge is -2.32. The van der Waals surface area contributed by atoms with Crippen molar-refractivity contribution in [2.24, 2.45) is 11.8 Å². The van der Waals surface area contributed by atoms with E-state index in [1.165, 1.54) is 38.5 Å². The van der Waals surface area contributed by atoms with Crippen LogP contribution in [0.15, 0.2) is 264 Å². The van der Waals surface area contributed by atoms with Gasteiger partial charge in [0.05, 0.1) is 92.4 Å². The van der Waals surface area contributed by atoms with Crippen LogP contribution in [0.25, 0.3) is 22.5 Å². The van der Waals surface area contributed by atoms with E-state index in [0.29, 0.717) is 53.0 Å². The number of nitrogens with one attached hydrogen (secondary N) is 5. The molecule has 34 nitrogen and oxygen atoms in total. The molecule has 704 valence electrons. The number of likely N-dealkylation sites (tertiary alicyclic amines) is 2. The minimum atomic E-state index is -0.719. The Morgan fingerprint density at radius 2 is 0.815 bits per heavy atom. The Morgan fingerprint density at radius 1 is 0.474 bits per heavy atom. The molecule has 0 aliphatic carbocycles. The fraction of sp³-hybridized carbons (Fsp3) is 0.286. The number of rotatable bonds is 25. The summed E-state index contributed by atoms with van der Waals surface area (Å²) in [6, 6.07) is 71.5. The van der Waals surface area contributed by atoms with E-state index >= 15 is 0 Å². The number of hydrogen-bond donors (Lipinski definition) is 6. The number of nitrogens with two attached hydrogens (primary N) is 1. The average molecular weight is 1970 g/mol.